The largest absolute Gasteiger partial charge is 0.497 e. The van der Waals surface area contributed by atoms with Crippen LogP contribution in [0.4, 0.5) is 0 Å². The van der Waals surface area contributed by atoms with Crippen LogP contribution in [0.25, 0.3) is 0 Å². The van der Waals surface area contributed by atoms with Gasteiger partial charge in [-0.2, -0.15) is 0 Å². The zero-order valence-corrected chi connectivity index (χ0v) is 22.6. The maximum atomic E-state index is 13.7. The predicted octanol–water partition coefficient (Wildman–Crippen LogP) is 5.89. The summed E-state index contributed by atoms with van der Waals surface area (Å²) in [6.07, 6.45) is 6.35. The van der Waals surface area contributed by atoms with Crippen LogP contribution >= 0.6 is 0 Å². The number of ether oxygens (including phenoxy) is 1. The van der Waals surface area contributed by atoms with Gasteiger partial charge in [0.2, 0.25) is 11.8 Å². The second-order valence-corrected chi connectivity index (χ2v) is 9.49. The molecule has 2 aromatic carbocycles. The minimum absolute atomic E-state index is 0.0322. The molecule has 2 amide bonds. The quantitative estimate of drug-likeness (QED) is 0.243. The molecule has 3 aromatic rings. The Hall–Kier alpha value is -3.54. The summed E-state index contributed by atoms with van der Waals surface area (Å²) in [5.74, 6) is 0.867. The van der Waals surface area contributed by atoms with E-state index in [4.69, 9.17) is 4.74 Å². The van der Waals surface area contributed by atoms with Crippen molar-refractivity contribution in [1.29, 1.82) is 0 Å². The van der Waals surface area contributed by atoms with Gasteiger partial charge in [0.15, 0.2) is 0 Å². The van der Waals surface area contributed by atoms with E-state index in [1.165, 1.54) is 0 Å². The van der Waals surface area contributed by atoms with Crippen molar-refractivity contribution >= 4 is 11.8 Å². The Kier molecular flexibility index (Phi) is 11.3. The van der Waals surface area contributed by atoms with Crippen molar-refractivity contribution in [2.45, 2.75) is 65.6 Å². The van der Waals surface area contributed by atoms with Crippen LogP contribution in [0.15, 0.2) is 72.9 Å². The van der Waals surface area contributed by atoms with Gasteiger partial charge in [-0.25, -0.2) is 0 Å². The highest BCUT2D eigenvalue weighted by Crippen LogP contribution is 2.17. The molecule has 0 N–H and O–H groups in total. The maximum Gasteiger partial charge on any atom is 0.242 e. The Morgan fingerprint density at radius 2 is 1.59 bits per heavy atom. The lowest BCUT2D eigenvalue weighted by atomic mass is 10.1. The molecule has 0 bridgehead atoms. The zero-order chi connectivity index (χ0) is 26.5. The first-order chi connectivity index (χ1) is 18.0. The molecule has 0 unspecified atom stereocenters. The second-order valence-electron chi connectivity index (χ2n) is 9.49. The molecule has 0 radical (unpaired) electrons. The molecule has 6 nitrogen and oxygen atoms in total. The first-order valence-electron chi connectivity index (χ1n) is 13.4. The highest BCUT2D eigenvalue weighted by molar-refractivity contribution is 5.84. The number of carbonyl (C=O) groups excluding carboxylic acids is 2. The summed E-state index contributed by atoms with van der Waals surface area (Å²) in [5.41, 5.74) is 3.24. The van der Waals surface area contributed by atoms with E-state index in [1.54, 1.807) is 12.0 Å². The molecule has 37 heavy (non-hydrogen) atoms. The van der Waals surface area contributed by atoms with E-state index in [9.17, 15) is 9.59 Å². The molecule has 1 heterocycles. The molecular weight excluding hydrogens is 462 g/mol. The number of hydrogen-bond acceptors (Lipinski definition) is 3. The number of carbonyl (C=O) groups is 2. The van der Waals surface area contributed by atoms with Gasteiger partial charge in [-0.05, 0) is 48.2 Å². The van der Waals surface area contributed by atoms with E-state index in [0.717, 1.165) is 48.3 Å². The molecule has 3 rings (SSSR count). The third kappa shape index (κ3) is 8.81. The summed E-state index contributed by atoms with van der Waals surface area (Å²) in [7, 11) is 1.67. The van der Waals surface area contributed by atoms with E-state index >= 15 is 0 Å². The first kappa shape index (κ1) is 28.0. The Labute approximate surface area is 221 Å². The fourth-order valence-corrected chi connectivity index (χ4v) is 4.46. The minimum atomic E-state index is -0.0322. The summed E-state index contributed by atoms with van der Waals surface area (Å²) < 4.78 is 7.55. The third-order valence-corrected chi connectivity index (χ3v) is 6.50. The zero-order valence-electron chi connectivity index (χ0n) is 22.6. The van der Waals surface area contributed by atoms with Crippen LogP contribution in [0, 0.1) is 0 Å². The minimum Gasteiger partial charge on any atom is -0.497 e. The summed E-state index contributed by atoms with van der Waals surface area (Å²) in [6, 6.07) is 22.1. The van der Waals surface area contributed by atoms with Gasteiger partial charge >= 0.3 is 0 Å². The fourth-order valence-electron chi connectivity index (χ4n) is 4.46. The Morgan fingerprint density at radius 3 is 2.32 bits per heavy atom. The van der Waals surface area contributed by atoms with E-state index in [0.29, 0.717) is 32.6 Å². The van der Waals surface area contributed by atoms with Crippen molar-refractivity contribution in [1.82, 2.24) is 14.4 Å². The van der Waals surface area contributed by atoms with Gasteiger partial charge in [-0.1, -0.05) is 69.2 Å². The van der Waals surface area contributed by atoms with Gasteiger partial charge in [-0.3, -0.25) is 9.59 Å². The van der Waals surface area contributed by atoms with Crippen molar-refractivity contribution < 1.29 is 14.3 Å². The molecule has 198 valence electrons. The van der Waals surface area contributed by atoms with Gasteiger partial charge < -0.3 is 19.1 Å². The molecule has 0 aliphatic heterocycles. The number of hydrogen-bond donors (Lipinski definition) is 0. The molecule has 0 saturated carbocycles. The highest BCUT2D eigenvalue weighted by Gasteiger charge is 2.22. The molecule has 0 saturated heterocycles. The van der Waals surface area contributed by atoms with Crippen LogP contribution in [0.1, 0.15) is 62.8 Å². The van der Waals surface area contributed by atoms with Gasteiger partial charge in [0, 0.05) is 37.9 Å². The highest BCUT2D eigenvalue weighted by atomic mass is 16.5. The molecule has 1 aromatic heterocycles. The summed E-state index contributed by atoms with van der Waals surface area (Å²) in [5, 5.41) is 0. The Bertz CT molecular complexity index is 1110. The van der Waals surface area contributed by atoms with Gasteiger partial charge in [0.25, 0.3) is 0 Å². The van der Waals surface area contributed by atoms with Crippen molar-refractivity contribution in [3.8, 4) is 5.75 Å². The maximum absolute atomic E-state index is 13.7. The predicted molar refractivity (Wildman–Crippen MR) is 148 cm³/mol. The molecule has 0 aliphatic carbocycles. The van der Waals surface area contributed by atoms with Crippen molar-refractivity contribution in [3.63, 3.8) is 0 Å². The average Bonchev–Trinajstić information content (AvgIpc) is 3.35. The fraction of sp³-hybridized carbons (Fsp3) is 0.419. The van der Waals surface area contributed by atoms with E-state index in [-0.39, 0.29) is 18.4 Å². The van der Waals surface area contributed by atoms with E-state index in [1.807, 2.05) is 72.6 Å². The van der Waals surface area contributed by atoms with E-state index in [2.05, 4.69) is 23.6 Å². The Morgan fingerprint density at radius 1 is 0.811 bits per heavy atom. The lowest BCUT2D eigenvalue weighted by Crippen LogP contribution is -2.43. The number of nitrogens with zero attached hydrogens (tertiary/aromatic N) is 3. The second kappa shape index (κ2) is 14.9. The molecule has 6 heteroatoms. The van der Waals surface area contributed by atoms with Crippen LogP contribution in [-0.4, -0.2) is 46.4 Å². The van der Waals surface area contributed by atoms with Crippen LogP contribution in [0.2, 0.25) is 0 Å². The third-order valence-electron chi connectivity index (χ3n) is 6.50. The number of methoxy groups -OCH3 is 1. The van der Waals surface area contributed by atoms with Crippen LogP contribution in [-0.2, 0) is 29.2 Å². The summed E-state index contributed by atoms with van der Waals surface area (Å²) in [6.45, 7) is 6.53. The van der Waals surface area contributed by atoms with Crippen molar-refractivity contribution in [2.75, 3.05) is 20.2 Å². The molecular formula is C31H41N3O3. The lowest BCUT2D eigenvalue weighted by molar-refractivity contribution is -0.141. The molecule has 0 aliphatic rings. The van der Waals surface area contributed by atoms with Gasteiger partial charge in [-0.15, -0.1) is 0 Å². The van der Waals surface area contributed by atoms with Crippen LogP contribution in [0.5, 0.6) is 5.75 Å². The SMILES string of the molecule is CCCCCC(=O)N(CCC)CC(=O)N(Cc1ccccc1)Cc1cccn1Cc1cccc(OC)c1. The monoisotopic (exact) mass is 503 g/mol. The smallest absolute Gasteiger partial charge is 0.242 e. The van der Waals surface area contributed by atoms with E-state index < -0.39 is 0 Å². The Balaban J connectivity index is 1.78. The standard InChI is InChI=1S/C31H41N3O3/c1-4-6-8-18-30(35)33(19-5-2)25-31(36)34(22-26-13-9-7-10-14-26)24-28-16-12-20-32(28)23-27-15-11-17-29(21-27)37-3/h7,9-17,20-21H,4-6,8,18-19,22-25H2,1-3H3. The number of unbranched alkanes of at least 4 members (excludes halogenated alkanes) is 2. The topological polar surface area (TPSA) is 54.8 Å². The number of rotatable bonds is 15. The van der Waals surface area contributed by atoms with Crippen molar-refractivity contribution in [3.05, 3.63) is 89.7 Å². The molecule has 0 atom stereocenters. The summed E-state index contributed by atoms with van der Waals surface area (Å²) in [4.78, 5) is 30.2. The number of aromatic nitrogens is 1. The van der Waals surface area contributed by atoms with Gasteiger partial charge in [0.05, 0.1) is 20.2 Å². The van der Waals surface area contributed by atoms with Crippen LogP contribution < -0.4 is 4.74 Å². The van der Waals surface area contributed by atoms with Gasteiger partial charge in [0.1, 0.15) is 5.75 Å². The van der Waals surface area contributed by atoms with Crippen molar-refractivity contribution in [2.24, 2.45) is 0 Å². The number of benzene rings is 2. The molecule has 0 fully saturated rings. The summed E-state index contributed by atoms with van der Waals surface area (Å²) >= 11 is 0. The average molecular weight is 504 g/mol. The normalized spacial score (nSPS) is 10.8. The number of amides is 2. The molecule has 0 spiro atoms. The lowest BCUT2D eigenvalue weighted by Gasteiger charge is -2.28. The van der Waals surface area contributed by atoms with Crippen LogP contribution in [0.3, 0.4) is 0 Å². The first-order valence-corrected chi connectivity index (χ1v) is 13.4.